The Morgan fingerprint density at radius 2 is 2.29 bits per heavy atom. The van der Waals surface area contributed by atoms with Crippen molar-refractivity contribution in [1.82, 2.24) is 14.7 Å². The lowest BCUT2D eigenvalue weighted by atomic mass is 10.0. The minimum absolute atomic E-state index is 0.0803. The van der Waals surface area contributed by atoms with E-state index >= 15 is 0 Å². The van der Waals surface area contributed by atoms with E-state index in [2.05, 4.69) is 12.0 Å². The van der Waals surface area contributed by atoms with Gasteiger partial charge in [0.25, 0.3) is 0 Å². The number of nitrogens with two attached hydrogens (primary N) is 1. The number of aryl methyl sites for hydroxylation is 1. The summed E-state index contributed by atoms with van der Waals surface area (Å²) in [7, 11) is 3.52. The summed E-state index contributed by atoms with van der Waals surface area (Å²) in [5.74, 6) is -0.0749. The molecule has 1 amide bonds. The molecule has 0 radical (unpaired) electrons. The van der Waals surface area contributed by atoms with Crippen LogP contribution in [0.3, 0.4) is 0 Å². The average Bonchev–Trinajstić information content (AvgIpc) is 2.73. The van der Waals surface area contributed by atoms with Crippen LogP contribution in [-0.2, 0) is 17.8 Å². The van der Waals surface area contributed by atoms with Crippen molar-refractivity contribution in [1.29, 1.82) is 0 Å². The van der Waals surface area contributed by atoms with Crippen molar-refractivity contribution in [3.8, 4) is 0 Å². The Balaban J connectivity index is 2.73. The fourth-order valence-electron chi connectivity index (χ4n) is 1.84. The summed E-state index contributed by atoms with van der Waals surface area (Å²) < 4.78 is 1.95. The molecule has 1 atom stereocenters. The van der Waals surface area contributed by atoms with Gasteiger partial charge in [-0.2, -0.15) is 5.10 Å². The molecule has 1 aromatic rings. The van der Waals surface area contributed by atoms with Crippen LogP contribution >= 0.6 is 0 Å². The van der Waals surface area contributed by atoms with Gasteiger partial charge in [0.1, 0.15) is 0 Å². The number of hydrogen-bond acceptors (Lipinski definition) is 3. The molecular formula is C12H22N4O. The van der Waals surface area contributed by atoms with Crippen LogP contribution in [0.2, 0.25) is 0 Å². The zero-order valence-corrected chi connectivity index (χ0v) is 10.9. The lowest BCUT2D eigenvalue weighted by molar-refractivity contribution is -0.132. The van der Waals surface area contributed by atoms with Crippen LogP contribution in [0.5, 0.6) is 0 Å². The minimum atomic E-state index is -0.155. The summed E-state index contributed by atoms with van der Waals surface area (Å²) in [6.07, 6.45) is 3.47. The molecule has 1 rings (SSSR count). The molecule has 1 unspecified atom stereocenters. The van der Waals surface area contributed by atoms with Gasteiger partial charge in [-0.1, -0.05) is 6.92 Å². The fraction of sp³-hybridized carbons (Fsp3) is 0.667. The van der Waals surface area contributed by atoms with Gasteiger partial charge in [0.05, 0.1) is 5.92 Å². The van der Waals surface area contributed by atoms with Crippen LogP contribution < -0.4 is 5.73 Å². The Kier molecular flexibility index (Phi) is 5.15. The number of nitrogens with zero attached hydrogens (tertiary/aromatic N) is 3. The molecule has 0 aliphatic rings. The van der Waals surface area contributed by atoms with Crippen molar-refractivity contribution in [3.63, 3.8) is 0 Å². The molecule has 17 heavy (non-hydrogen) atoms. The fourth-order valence-corrected chi connectivity index (χ4v) is 1.84. The zero-order valence-electron chi connectivity index (χ0n) is 10.9. The lowest BCUT2D eigenvalue weighted by Gasteiger charge is -2.19. The molecule has 0 spiro atoms. The topological polar surface area (TPSA) is 64.2 Å². The van der Waals surface area contributed by atoms with Gasteiger partial charge < -0.3 is 10.6 Å². The Bertz CT molecular complexity index is 359. The van der Waals surface area contributed by atoms with Crippen LogP contribution in [0.25, 0.3) is 0 Å². The Morgan fingerprint density at radius 3 is 2.82 bits per heavy atom. The van der Waals surface area contributed by atoms with Gasteiger partial charge in [-0.25, -0.2) is 0 Å². The highest BCUT2D eigenvalue weighted by molar-refractivity contribution is 5.78. The smallest absolute Gasteiger partial charge is 0.226 e. The Hall–Kier alpha value is -1.36. The second-order valence-electron chi connectivity index (χ2n) is 4.42. The second-order valence-corrected chi connectivity index (χ2v) is 4.42. The van der Waals surface area contributed by atoms with Crippen LogP contribution in [0.15, 0.2) is 12.3 Å². The first-order valence-corrected chi connectivity index (χ1v) is 6.02. The van der Waals surface area contributed by atoms with E-state index < -0.39 is 0 Å². The summed E-state index contributed by atoms with van der Waals surface area (Å²) in [6.45, 7) is 3.36. The highest BCUT2D eigenvalue weighted by Gasteiger charge is 2.20. The van der Waals surface area contributed by atoms with Gasteiger partial charge >= 0.3 is 0 Å². The summed E-state index contributed by atoms with van der Waals surface area (Å²) >= 11 is 0. The maximum atomic E-state index is 11.9. The third-order valence-corrected chi connectivity index (χ3v) is 2.77. The van der Waals surface area contributed by atoms with E-state index in [-0.39, 0.29) is 11.8 Å². The molecular weight excluding hydrogens is 216 g/mol. The van der Waals surface area contributed by atoms with Gasteiger partial charge in [-0.05, 0) is 12.5 Å². The molecule has 0 bridgehead atoms. The number of aromatic nitrogens is 2. The maximum Gasteiger partial charge on any atom is 0.226 e. The summed E-state index contributed by atoms with van der Waals surface area (Å²) in [4.78, 5) is 13.5. The standard InChI is InChI=1S/C12H22N4O/c1-4-7-16-11(5-6-14-16)8-10(9-13)12(17)15(2)3/h5-6,10H,4,7-9,13H2,1-3H3. The van der Waals surface area contributed by atoms with E-state index in [1.807, 2.05) is 10.7 Å². The molecule has 0 fully saturated rings. The van der Waals surface area contributed by atoms with Gasteiger partial charge in [0.2, 0.25) is 5.91 Å². The van der Waals surface area contributed by atoms with Gasteiger partial charge in [0, 0.05) is 45.5 Å². The van der Waals surface area contributed by atoms with Crippen molar-refractivity contribution in [2.75, 3.05) is 20.6 Å². The van der Waals surface area contributed by atoms with E-state index in [1.165, 1.54) is 0 Å². The summed E-state index contributed by atoms with van der Waals surface area (Å²) in [5.41, 5.74) is 6.76. The van der Waals surface area contributed by atoms with E-state index in [0.717, 1.165) is 18.7 Å². The normalized spacial score (nSPS) is 12.5. The molecule has 5 heteroatoms. The Labute approximate surface area is 103 Å². The number of rotatable bonds is 6. The van der Waals surface area contributed by atoms with Gasteiger partial charge in [-0.3, -0.25) is 9.48 Å². The first-order chi connectivity index (χ1) is 8.10. The molecule has 2 N–H and O–H groups in total. The predicted octanol–water partition coefficient (Wildman–Crippen LogP) is 0.499. The molecule has 1 heterocycles. The van der Waals surface area contributed by atoms with Crippen LogP contribution in [0, 0.1) is 5.92 Å². The van der Waals surface area contributed by atoms with Crippen molar-refractivity contribution in [3.05, 3.63) is 18.0 Å². The third-order valence-electron chi connectivity index (χ3n) is 2.77. The number of carbonyl (C=O) groups excluding carboxylic acids is 1. The van der Waals surface area contributed by atoms with Gasteiger partial charge in [-0.15, -0.1) is 0 Å². The molecule has 96 valence electrons. The lowest BCUT2D eigenvalue weighted by Crippen LogP contribution is -2.35. The van der Waals surface area contributed by atoms with E-state index in [0.29, 0.717) is 13.0 Å². The second kappa shape index (κ2) is 6.39. The largest absolute Gasteiger partial charge is 0.349 e. The van der Waals surface area contributed by atoms with Crippen LogP contribution in [0.1, 0.15) is 19.0 Å². The highest BCUT2D eigenvalue weighted by atomic mass is 16.2. The average molecular weight is 238 g/mol. The quantitative estimate of drug-likeness (QED) is 0.785. The highest BCUT2D eigenvalue weighted by Crippen LogP contribution is 2.10. The molecule has 0 saturated carbocycles. The maximum absolute atomic E-state index is 11.9. The molecule has 0 aliphatic heterocycles. The van der Waals surface area contributed by atoms with E-state index in [4.69, 9.17) is 5.73 Å². The third kappa shape index (κ3) is 3.56. The molecule has 5 nitrogen and oxygen atoms in total. The summed E-state index contributed by atoms with van der Waals surface area (Å²) in [6, 6.07) is 1.96. The SMILES string of the molecule is CCCn1nccc1CC(CN)C(=O)N(C)C. The first-order valence-electron chi connectivity index (χ1n) is 6.02. The van der Waals surface area contributed by atoms with E-state index in [9.17, 15) is 4.79 Å². The minimum Gasteiger partial charge on any atom is -0.349 e. The molecule has 0 saturated heterocycles. The first kappa shape index (κ1) is 13.7. The number of hydrogen-bond donors (Lipinski definition) is 1. The van der Waals surface area contributed by atoms with Crippen molar-refractivity contribution < 1.29 is 4.79 Å². The van der Waals surface area contributed by atoms with Crippen molar-refractivity contribution >= 4 is 5.91 Å². The zero-order chi connectivity index (χ0) is 12.8. The van der Waals surface area contributed by atoms with Crippen LogP contribution in [-0.4, -0.2) is 41.2 Å². The molecule has 0 aliphatic carbocycles. The van der Waals surface area contributed by atoms with Crippen LogP contribution in [0.4, 0.5) is 0 Å². The monoisotopic (exact) mass is 238 g/mol. The molecule has 0 aromatic carbocycles. The van der Waals surface area contributed by atoms with Crippen molar-refractivity contribution in [2.45, 2.75) is 26.3 Å². The Morgan fingerprint density at radius 1 is 1.59 bits per heavy atom. The number of carbonyl (C=O) groups is 1. The van der Waals surface area contributed by atoms with Crippen molar-refractivity contribution in [2.24, 2.45) is 11.7 Å². The summed E-state index contributed by atoms with van der Waals surface area (Å²) in [5, 5.41) is 4.25. The molecule has 1 aromatic heterocycles. The number of amides is 1. The predicted molar refractivity (Wildman–Crippen MR) is 67.5 cm³/mol. The van der Waals surface area contributed by atoms with Gasteiger partial charge in [0.15, 0.2) is 0 Å². The van der Waals surface area contributed by atoms with E-state index in [1.54, 1.807) is 25.2 Å².